The number of rotatable bonds is 7. The fraction of sp³-hybridized carbons (Fsp3) is 0.429. The first-order valence-corrected chi connectivity index (χ1v) is 12.5. The summed E-state index contributed by atoms with van der Waals surface area (Å²) in [5.74, 6) is -0.645. The quantitative estimate of drug-likeness (QED) is 0.423. The smallest absolute Gasteiger partial charge is 0.445 e. The van der Waals surface area contributed by atoms with Gasteiger partial charge in [0, 0.05) is 6.54 Å². The largest absolute Gasteiger partial charge is 0.492 e. The van der Waals surface area contributed by atoms with E-state index in [0.29, 0.717) is 11.0 Å². The van der Waals surface area contributed by atoms with Crippen molar-refractivity contribution in [1.82, 2.24) is 5.32 Å². The molecule has 8 nitrogen and oxygen atoms in total. The highest BCUT2D eigenvalue weighted by Crippen LogP contribution is 2.38. The summed E-state index contributed by atoms with van der Waals surface area (Å²) in [5, 5.41) is 5.13. The Morgan fingerprint density at radius 3 is 2.21 bits per heavy atom. The van der Waals surface area contributed by atoms with Crippen LogP contribution in [0.3, 0.4) is 0 Å². The molecule has 1 saturated heterocycles. The highest BCUT2D eigenvalue weighted by molar-refractivity contribution is 6.56. The molecule has 38 heavy (non-hydrogen) atoms. The molecule has 0 spiro atoms. The van der Waals surface area contributed by atoms with Crippen LogP contribution in [0.2, 0.25) is 0 Å². The Morgan fingerprint density at radius 1 is 1.00 bits per heavy atom. The van der Waals surface area contributed by atoms with Gasteiger partial charge in [0.1, 0.15) is 18.0 Å². The fourth-order valence-electron chi connectivity index (χ4n) is 3.50. The van der Waals surface area contributed by atoms with Crippen molar-refractivity contribution >= 4 is 31.1 Å². The highest BCUT2D eigenvalue weighted by atomic mass is 19.1. The number of hydrogen-bond acceptors (Lipinski definition) is 6. The van der Waals surface area contributed by atoms with E-state index in [0.717, 1.165) is 5.56 Å². The van der Waals surface area contributed by atoms with Gasteiger partial charge in [0.2, 0.25) is 0 Å². The van der Waals surface area contributed by atoms with Crippen molar-refractivity contribution in [1.29, 1.82) is 0 Å². The van der Waals surface area contributed by atoms with E-state index in [1.54, 1.807) is 32.9 Å². The van der Waals surface area contributed by atoms with Gasteiger partial charge in [-0.2, -0.15) is 0 Å². The number of halogens is 1. The Labute approximate surface area is 224 Å². The lowest BCUT2D eigenvalue weighted by molar-refractivity contribution is 0.00578. The number of carbonyl (C=O) groups excluding carboxylic acids is 2. The SMILES string of the molecule is CC(C)(C)OC(=O)Nc1ccc(C=C(CNC(=O)OCc2ccccc2)B2OC(C)(C)C(C)(C)O2)cc1F. The van der Waals surface area contributed by atoms with E-state index < -0.39 is 41.9 Å². The molecule has 204 valence electrons. The van der Waals surface area contributed by atoms with Crippen LogP contribution in [0.25, 0.3) is 6.08 Å². The molecule has 2 aromatic rings. The molecule has 2 N–H and O–H groups in total. The third-order valence-electron chi connectivity index (χ3n) is 6.19. The lowest BCUT2D eigenvalue weighted by Gasteiger charge is -2.32. The molecule has 0 unspecified atom stereocenters. The standard InChI is InChI=1S/C28H36BFN2O6/c1-26(2,3)36-25(34)32-23-14-13-20(16-22(23)30)15-21(29-37-27(4,5)28(6,7)38-29)17-31-24(33)35-18-19-11-9-8-10-12-19/h8-16H,17-18H2,1-7H3,(H,31,33)(H,32,34). The Balaban J connectivity index is 1.76. The van der Waals surface area contributed by atoms with Gasteiger partial charge < -0.3 is 24.1 Å². The van der Waals surface area contributed by atoms with Gasteiger partial charge >= 0.3 is 19.3 Å². The van der Waals surface area contributed by atoms with Crippen LogP contribution in [0.15, 0.2) is 54.0 Å². The Bertz CT molecular complexity index is 1160. The van der Waals surface area contributed by atoms with Gasteiger partial charge in [-0.05, 0) is 77.2 Å². The monoisotopic (exact) mass is 526 g/mol. The average molecular weight is 526 g/mol. The van der Waals surface area contributed by atoms with E-state index in [1.807, 2.05) is 58.0 Å². The topological polar surface area (TPSA) is 95.1 Å². The Hall–Kier alpha value is -3.37. The maximum Gasteiger partial charge on any atom is 0.492 e. The molecular weight excluding hydrogens is 490 g/mol. The molecule has 3 rings (SSSR count). The number of alkyl carbamates (subject to hydrolysis) is 1. The van der Waals surface area contributed by atoms with Crippen molar-refractivity contribution in [3.63, 3.8) is 0 Å². The number of amides is 2. The lowest BCUT2D eigenvalue weighted by Crippen LogP contribution is -2.41. The fourth-order valence-corrected chi connectivity index (χ4v) is 3.50. The first kappa shape index (κ1) is 29.2. The minimum Gasteiger partial charge on any atom is -0.445 e. The normalized spacial score (nSPS) is 16.6. The van der Waals surface area contributed by atoms with Crippen LogP contribution in [0.4, 0.5) is 19.7 Å². The van der Waals surface area contributed by atoms with Gasteiger partial charge in [-0.1, -0.05) is 42.5 Å². The number of carbonyl (C=O) groups is 2. The average Bonchev–Trinajstić information content (AvgIpc) is 3.03. The summed E-state index contributed by atoms with van der Waals surface area (Å²) in [6, 6.07) is 13.7. The summed E-state index contributed by atoms with van der Waals surface area (Å²) in [7, 11) is -0.781. The van der Waals surface area contributed by atoms with Crippen molar-refractivity contribution in [3.05, 3.63) is 70.9 Å². The van der Waals surface area contributed by atoms with Crippen molar-refractivity contribution in [2.24, 2.45) is 0 Å². The number of hydrogen-bond donors (Lipinski definition) is 2. The molecule has 1 aliphatic heterocycles. The minimum atomic E-state index is -0.781. The van der Waals surface area contributed by atoms with E-state index >= 15 is 0 Å². The van der Waals surface area contributed by atoms with Crippen molar-refractivity contribution in [2.75, 3.05) is 11.9 Å². The van der Waals surface area contributed by atoms with Gasteiger partial charge in [0.05, 0.1) is 16.9 Å². The molecule has 0 aromatic heterocycles. The molecule has 1 aliphatic rings. The Morgan fingerprint density at radius 2 is 1.63 bits per heavy atom. The summed E-state index contributed by atoms with van der Waals surface area (Å²) >= 11 is 0. The predicted octanol–water partition coefficient (Wildman–Crippen LogP) is 6.11. The highest BCUT2D eigenvalue weighted by Gasteiger charge is 2.52. The summed E-state index contributed by atoms with van der Waals surface area (Å²) in [5.41, 5.74) is -0.0466. The third kappa shape index (κ3) is 8.07. The van der Waals surface area contributed by atoms with Crippen LogP contribution in [-0.4, -0.2) is 42.7 Å². The molecule has 2 aromatic carbocycles. The van der Waals surface area contributed by atoms with E-state index in [-0.39, 0.29) is 18.8 Å². The second-order valence-electron chi connectivity index (χ2n) is 11.1. The molecule has 2 amide bonds. The zero-order chi connectivity index (χ0) is 28.1. The summed E-state index contributed by atoms with van der Waals surface area (Å²) in [4.78, 5) is 24.4. The van der Waals surface area contributed by atoms with Gasteiger partial charge in [0.25, 0.3) is 0 Å². The van der Waals surface area contributed by atoms with E-state index in [4.69, 9.17) is 18.8 Å². The van der Waals surface area contributed by atoms with Crippen molar-refractivity contribution in [3.8, 4) is 0 Å². The predicted molar refractivity (Wildman–Crippen MR) is 145 cm³/mol. The van der Waals surface area contributed by atoms with Crippen molar-refractivity contribution in [2.45, 2.75) is 71.9 Å². The second-order valence-corrected chi connectivity index (χ2v) is 11.1. The maximum absolute atomic E-state index is 14.8. The second kappa shape index (κ2) is 11.6. The number of nitrogens with one attached hydrogen (secondary N) is 2. The van der Waals surface area contributed by atoms with E-state index in [2.05, 4.69) is 10.6 Å². The summed E-state index contributed by atoms with van der Waals surface area (Å²) in [6.45, 7) is 13.0. The molecule has 1 heterocycles. The number of anilines is 1. The van der Waals surface area contributed by atoms with Crippen LogP contribution in [0.1, 0.15) is 59.6 Å². The zero-order valence-electron chi connectivity index (χ0n) is 23.0. The van der Waals surface area contributed by atoms with Crippen molar-refractivity contribution < 1.29 is 32.8 Å². The number of benzene rings is 2. The van der Waals surface area contributed by atoms with Crippen LogP contribution in [-0.2, 0) is 25.4 Å². The molecule has 1 fully saturated rings. The first-order valence-electron chi connectivity index (χ1n) is 12.5. The molecule has 0 saturated carbocycles. The molecule has 0 atom stereocenters. The van der Waals surface area contributed by atoms with Gasteiger partial charge in [-0.15, -0.1) is 0 Å². The molecule has 0 aliphatic carbocycles. The Kier molecular flexibility index (Phi) is 8.89. The number of ether oxygens (including phenoxy) is 2. The third-order valence-corrected chi connectivity index (χ3v) is 6.19. The van der Waals surface area contributed by atoms with Crippen LogP contribution in [0, 0.1) is 5.82 Å². The minimum absolute atomic E-state index is 0.0174. The van der Waals surface area contributed by atoms with E-state index in [1.165, 1.54) is 12.1 Å². The van der Waals surface area contributed by atoms with Crippen LogP contribution < -0.4 is 10.6 Å². The van der Waals surface area contributed by atoms with Gasteiger partial charge in [0.15, 0.2) is 0 Å². The molecular formula is C28H36BFN2O6. The maximum atomic E-state index is 14.8. The van der Waals surface area contributed by atoms with Gasteiger partial charge in [-0.25, -0.2) is 14.0 Å². The molecule has 10 heteroatoms. The summed E-state index contributed by atoms with van der Waals surface area (Å²) in [6.07, 6.45) is 0.315. The molecule has 0 radical (unpaired) electrons. The van der Waals surface area contributed by atoms with Gasteiger partial charge in [-0.3, -0.25) is 5.32 Å². The zero-order valence-corrected chi connectivity index (χ0v) is 23.0. The van der Waals surface area contributed by atoms with Crippen LogP contribution in [0.5, 0.6) is 0 Å². The molecule has 0 bridgehead atoms. The van der Waals surface area contributed by atoms with E-state index in [9.17, 15) is 14.0 Å². The first-order chi connectivity index (χ1) is 17.6. The van der Waals surface area contributed by atoms with Crippen LogP contribution >= 0.6 is 0 Å². The lowest BCUT2D eigenvalue weighted by atomic mass is 9.77. The summed E-state index contributed by atoms with van der Waals surface area (Å²) < 4.78 is 37.7.